The summed E-state index contributed by atoms with van der Waals surface area (Å²) in [6.45, 7) is 2.97. The van der Waals surface area contributed by atoms with Crippen molar-refractivity contribution < 1.29 is 4.74 Å². The molecule has 2 aromatic carbocycles. The first-order chi connectivity index (χ1) is 10.2. The molecule has 0 aliphatic rings. The molecule has 0 fully saturated rings. The van der Waals surface area contributed by atoms with E-state index in [9.17, 15) is 0 Å². The Kier molecular flexibility index (Phi) is 6.09. The van der Waals surface area contributed by atoms with Crippen LogP contribution in [0.3, 0.4) is 0 Å². The quantitative estimate of drug-likeness (QED) is 0.815. The predicted octanol–water partition coefficient (Wildman–Crippen LogP) is 4.46. The molecule has 0 aliphatic carbocycles. The average molecular weight is 304 g/mol. The Morgan fingerprint density at radius 1 is 1.14 bits per heavy atom. The van der Waals surface area contributed by atoms with Crippen LogP contribution in [0, 0.1) is 0 Å². The van der Waals surface area contributed by atoms with Crippen molar-refractivity contribution in [2.75, 3.05) is 7.11 Å². The van der Waals surface area contributed by atoms with Crippen LogP contribution < -0.4 is 10.1 Å². The molecule has 2 nitrogen and oxygen atoms in total. The van der Waals surface area contributed by atoms with Crippen LogP contribution in [0.5, 0.6) is 5.75 Å². The van der Waals surface area contributed by atoms with Crippen LogP contribution in [0.15, 0.2) is 48.5 Å². The molecule has 112 valence electrons. The van der Waals surface area contributed by atoms with Crippen LogP contribution in [-0.4, -0.2) is 13.2 Å². The fourth-order valence-corrected chi connectivity index (χ4v) is 2.49. The van der Waals surface area contributed by atoms with E-state index >= 15 is 0 Å². The molecule has 0 spiro atoms. The third-order valence-electron chi connectivity index (χ3n) is 3.59. The smallest absolute Gasteiger partial charge is 0.123 e. The zero-order valence-corrected chi connectivity index (χ0v) is 13.4. The number of methoxy groups -OCH3 is 1. The highest BCUT2D eigenvalue weighted by Crippen LogP contribution is 2.22. The average Bonchev–Trinajstić information content (AvgIpc) is 2.52. The fraction of sp³-hybridized carbons (Fsp3) is 0.333. The maximum absolute atomic E-state index is 6.05. The Morgan fingerprint density at radius 3 is 2.62 bits per heavy atom. The van der Waals surface area contributed by atoms with E-state index in [1.54, 1.807) is 7.11 Å². The monoisotopic (exact) mass is 303 g/mol. The van der Waals surface area contributed by atoms with Crippen LogP contribution in [0.25, 0.3) is 0 Å². The molecular weight excluding hydrogens is 282 g/mol. The molecule has 3 heteroatoms. The van der Waals surface area contributed by atoms with Gasteiger partial charge in [0.05, 0.1) is 7.11 Å². The van der Waals surface area contributed by atoms with Crippen molar-refractivity contribution in [1.29, 1.82) is 0 Å². The van der Waals surface area contributed by atoms with Crippen LogP contribution in [0.4, 0.5) is 0 Å². The van der Waals surface area contributed by atoms with Gasteiger partial charge < -0.3 is 10.1 Å². The predicted molar refractivity (Wildman–Crippen MR) is 89.1 cm³/mol. The molecule has 2 aromatic rings. The largest absolute Gasteiger partial charge is 0.496 e. The van der Waals surface area contributed by atoms with Gasteiger partial charge in [-0.3, -0.25) is 0 Å². The van der Waals surface area contributed by atoms with Gasteiger partial charge in [0.1, 0.15) is 5.75 Å². The van der Waals surface area contributed by atoms with Gasteiger partial charge in [-0.2, -0.15) is 0 Å². The maximum atomic E-state index is 6.05. The van der Waals surface area contributed by atoms with Crippen molar-refractivity contribution in [3.63, 3.8) is 0 Å². The molecule has 0 saturated carbocycles. The van der Waals surface area contributed by atoms with E-state index in [4.69, 9.17) is 16.3 Å². The van der Waals surface area contributed by atoms with Crippen molar-refractivity contribution in [3.8, 4) is 5.75 Å². The summed E-state index contributed by atoms with van der Waals surface area (Å²) < 4.78 is 5.36. The highest BCUT2D eigenvalue weighted by atomic mass is 35.5. The molecule has 0 bridgehead atoms. The maximum Gasteiger partial charge on any atom is 0.123 e. The van der Waals surface area contributed by atoms with E-state index in [1.807, 2.05) is 18.2 Å². The standard InChI is InChI=1S/C18H22ClNO/c1-14(8-9-15-6-4-3-5-7-15)20-13-16-12-17(19)10-11-18(16)21-2/h3-7,10-12,14,20H,8-9,13H2,1-2H3. The first-order valence-electron chi connectivity index (χ1n) is 7.29. The first-order valence-corrected chi connectivity index (χ1v) is 7.66. The number of halogens is 1. The molecule has 0 aliphatic heterocycles. The van der Waals surface area contributed by atoms with E-state index in [-0.39, 0.29) is 0 Å². The molecule has 21 heavy (non-hydrogen) atoms. The van der Waals surface area contributed by atoms with E-state index in [2.05, 4.69) is 42.6 Å². The second kappa shape index (κ2) is 8.06. The molecule has 0 aromatic heterocycles. The van der Waals surface area contributed by atoms with Gasteiger partial charge in [-0.1, -0.05) is 41.9 Å². The lowest BCUT2D eigenvalue weighted by Gasteiger charge is -2.15. The van der Waals surface area contributed by atoms with Crippen molar-refractivity contribution in [1.82, 2.24) is 5.32 Å². The summed E-state index contributed by atoms with van der Waals surface area (Å²) in [6, 6.07) is 16.7. The second-order valence-corrected chi connectivity index (χ2v) is 5.70. The second-order valence-electron chi connectivity index (χ2n) is 5.26. The van der Waals surface area contributed by atoms with E-state index < -0.39 is 0 Å². The van der Waals surface area contributed by atoms with E-state index in [0.717, 1.165) is 35.7 Å². The number of hydrogen-bond acceptors (Lipinski definition) is 2. The summed E-state index contributed by atoms with van der Waals surface area (Å²) >= 11 is 6.05. The lowest BCUT2D eigenvalue weighted by molar-refractivity contribution is 0.405. The van der Waals surface area contributed by atoms with Crippen LogP contribution in [0.2, 0.25) is 5.02 Å². The number of ether oxygens (including phenoxy) is 1. The molecule has 0 amide bonds. The Hall–Kier alpha value is -1.51. The molecular formula is C18H22ClNO. The number of nitrogens with one attached hydrogen (secondary N) is 1. The number of hydrogen-bond donors (Lipinski definition) is 1. The van der Waals surface area contributed by atoms with E-state index in [1.165, 1.54) is 5.56 Å². The molecule has 0 radical (unpaired) electrons. The van der Waals surface area contributed by atoms with Gasteiger partial charge in [0.15, 0.2) is 0 Å². The minimum absolute atomic E-state index is 0.439. The van der Waals surface area contributed by atoms with Crippen molar-refractivity contribution in [2.24, 2.45) is 0 Å². The van der Waals surface area contributed by atoms with Crippen LogP contribution in [0.1, 0.15) is 24.5 Å². The highest BCUT2D eigenvalue weighted by Gasteiger charge is 2.07. The van der Waals surface area contributed by atoms with Gasteiger partial charge >= 0.3 is 0 Å². The summed E-state index contributed by atoms with van der Waals surface area (Å²) in [5.41, 5.74) is 2.48. The zero-order chi connectivity index (χ0) is 15.1. The van der Waals surface area contributed by atoms with Gasteiger partial charge in [0, 0.05) is 23.2 Å². The van der Waals surface area contributed by atoms with Gasteiger partial charge in [0.2, 0.25) is 0 Å². The first kappa shape index (κ1) is 15.9. The van der Waals surface area contributed by atoms with Crippen molar-refractivity contribution in [2.45, 2.75) is 32.4 Å². The number of benzene rings is 2. The van der Waals surface area contributed by atoms with Gasteiger partial charge in [-0.05, 0) is 43.5 Å². The minimum Gasteiger partial charge on any atom is -0.496 e. The summed E-state index contributed by atoms with van der Waals surface area (Å²) in [5, 5.41) is 4.27. The van der Waals surface area contributed by atoms with Crippen LogP contribution in [-0.2, 0) is 13.0 Å². The van der Waals surface area contributed by atoms with Gasteiger partial charge in [-0.15, -0.1) is 0 Å². The number of rotatable bonds is 7. The highest BCUT2D eigenvalue weighted by molar-refractivity contribution is 6.30. The molecule has 0 saturated heterocycles. The lowest BCUT2D eigenvalue weighted by Crippen LogP contribution is -2.26. The summed E-state index contributed by atoms with van der Waals surface area (Å²) in [7, 11) is 1.69. The molecule has 2 rings (SSSR count). The normalized spacial score (nSPS) is 12.1. The van der Waals surface area contributed by atoms with Crippen molar-refractivity contribution in [3.05, 3.63) is 64.7 Å². The molecule has 0 heterocycles. The SMILES string of the molecule is COc1ccc(Cl)cc1CNC(C)CCc1ccccc1. The Bertz CT molecular complexity index is 556. The van der Waals surface area contributed by atoms with Gasteiger partial charge in [0.25, 0.3) is 0 Å². The Morgan fingerprint density at radius 2 is 1.90 bits per heavy atom. The fourth-order valence-electron chi connectivity index (χ4n) is 2.30. The van der Waals surface area contributed by atoms with E-state index in [0.29, 0.717) is 6.04 Å². The number of aryl methyl sites for hydroxylation is 1. The third-order valence-corrected chi connectivity index (χ3v) is 3.83. The zero-order valence-electron chi connectivity index (χ0n) is 12.6. The Labute approximate surface area is 132 Å². The lowest BCUT2D eigenvalue weighted by atomic mass is 10.1. The third kappa shape index (κ3) is 5.07. The van der Waals surface area contributed by atoms with Gasteiger partial charge in [-0.25, -0.2) is 0 Å². The summed E-state index contributed by atoms with van der Waals surface area (Å²) in [5.74, 6) is 0.877. The minimum atomic E-state index is 0.439. The molecule has 1 N–H and O–H groups in total. The Balaban J connectivity index is 1.84. The molecule has 1 atom stereocenters. The molecule has 1 unspecified atom stereocenters. The topological polar surface area (TPSA) is 21.3 Å². The van der Waals surface area contributed by atoms with Crippen molar-refractivity contribution >= 4 is 11.6 Å². The van der Waals surface area contributed by atoms with Crippen LogP contribution >= 0.6 is 11.6 Å². The summed E-state index contributed by atoms with van der Waals surface area (Å²) in [4.78, 5) is 0. The summed E-state index contributed by atoms with van der Waals surface area (Å²) in [6.07, 6.45) is 2.19.